The zero-order chi connectivity index (χ0) is 12.3. The highest BCUT2D eigenvalue weighted by Gasteiger charge is 2.22. The van der Waals surface area contributed by atoms with Crippen molar-refractivity contribution in [3.8, 4) is 0 Å². The highest BCUT2D eigenvalue weighted by Crippen LogP contribution is 2.23. The van der Waals surface area contributed by atoms with E-state index in [1.54, 1.807) is 13.3 Å². The summed E-state index contributed by atoms with van der Waals surface area (Å²) in [6.07, 6.45) is 2.92. The smallest absolute Gasteiger partial charge is 0.122 e. The molecular weight excluding hydrogens is 234 g/mol. The third kappa shape index (κ3) is 2.92. The summed E-state index contributed by atoms with van der Waals surface area (Å²) < 4.78 is 5.19. The Morgan fingerprint density at radius 3 is 3.24 bits per heavy atom. The Labute approximate surface area is 107 Å². The number of nitrogens with zero attached hydrogens (tertiary/aromatic N) is 2. The third-order valence-corrected chi connectivity index (χ3v) is 3.26. The third-order valence-electron chi connectivity index (χ3n) is 3.05. The quantitative estimate of drug-likeness (QED) is 0.815. The zero-order valence-corrected chi connectivity index (χ0v) is 10.7. The second-order valence-electron chi connectivity index (χ2n) is 4.32. The molecule has 0 radical (unpaired) electrons. The lowest BCUT2D eigenvalue weighted by molar-refractivity contribution is 0.161. The summed E-state index contributed by atoms with van der Waals surface area (Å²) in [7, 11) is 1.75. The molecule has 92 valence electrons. The van der Waals surface area contributed by atoms with Gasteiger partial charge >= 0.3 is 0 Å². The van der Waals surface area contributed by atoms with E-state index in [0.29, 0.717) is 16.6 Å². The fourth-order valence-corrected chi connectivity index (χ4v) is 2.30. The molecule has 1 unspecified atom stereocenters. The molecule has 2 N–H and O–H groups in total. The fraction of sp³-hybridized carbons (Fsp3) is 0.500. The molecule has 1 aromatic heterocycles. The molecule has 4 nitrogen and oxygen atoms in total. The molecule has 0 spiro atoms. The van der Waals surface area contributed by atoms with Gasteiger partial charge in [0.15, 0.2) is 0 Å². The normalized spacial score (nSPS) is 19.6. The van der Waals surface area contributed by atoms with Crippen molar-refractivity contribution in [2.24, 2.45) is 11.7 Å². The van der Waals surface area contributed by atoms with E-state index >= 15 is 0 Å². The van der Waals surface area contributed by atoms with E-state index in [-0.39, 0.29) is 0 Å². The van der Waals surface area contributed by atoms with Crippen molar-refractivity contribution in [1.29, 1.82) is 0 Å². The van der Waals surface area contributed by atoms with E-state index in [4.69, 9.17) is 22.7 Å². The number of nitrogens with two attached hydrogens (primary N) is 1. The molecule has 1 aromatic rings. The topological polar surface area (TPSA) is 51.4 Å². The number of rotatable bonds is 4. The van der Waals surface area contributed by atoms with Crippen LogP contribution in [0.5, 0.6) is 0 Å². The molecule has 0 aliphatic carbocycles. The van der Waals surface area contributed by atoms with E-state index in [0.717, 1.165) is 25.4 Å². The minimum Gasteiger partial charge on any atom is -0.388 e. The van der Waals surface area contributed by atoms with Gasteiger partial charge in [-0.2, -0.15) is 0 Å². The van der Waals surface area contributed by atoms with Gasteiger partial charge in [-0.25, -0.2) is 0 Å². The maximum atomic E-state index is 5.59. The maximum absolute atomic E-state index is 5.59. The van der Waals surface area contributed by atoms with Crippen LogP contribution in [0.4, 0.5) is 5.69 Å². The summed E-state index contributed by atoms with van der Waals surface area (Å²) in [6, 6.07) is 3.95. The largest absolute Gasteiger partial charge is 0.388 e. The first-order valence-corrected chi connectivity index (χ1v) is 6.11. The first-order valence-electron chi connectivity index (χ1n) is 5.70. The molecule has 0 saturated carbocycles. The number of hydrogen-bond acceptors (Lipinski definition) is 4. The van der Waals surface area contributed by atoms with Crippen molar-refractivity contribution in [1.82, 2.24) is 4.98 Å². The molecule has 1 fully saturated rings. The van der Waals surface area contributed by atoms with E-state index in [2.05, 4.69) is 9.88 Å². The van der Waals surface area contributed by atoms with Crippen molar-refractivity contribution >= 4 is 22.9 Å². The molecule has 1 aliphatic heterocycles. The van der Waals surface area contributed by atoms with Crippen LogP contribution in [0.25, 0.3) is 0 Å². The molecule has 5 heteroatoms. The average Bonchev–Trinajstić information content (AvgIpc) is 2.78. The Bertz CT molecular complexity index is 410. The Kier molecular flexibility index (Phi) is 3.91. The number of thiocarbonyl (C=S) groups is 1. The molecule has 0 aromatic carbocycles. The van der Waals surface area contributed by atoms with Gasteiger partial charge in [0.2, 0.25) is 0 Å². The predicted octanol–water partition coefficient (Wildman–Crippen LogP) is 1.19. The van der Waals surface area contributed by atoms with Crippen LogP contribution in [0.1, 0.15) is 12.1 Å². The van der Waals surface area contributed by atoms with Crippen LogP contribution in [0, 0.1) is 5.92 Å². The monoisotopic (exact) mass is 251 g/mol. The Morgan fingerprint density at radius 1 is 1.71 bits per heavy atom. The summed E-state index contributed by atoms with van der Waals surface area (Å²) in [6.45, 7) is 2.90. The molecule has 17 heavy (non-hydrogen) atoms. The van der Waals surface area contributed by atoms with Crippen LogP contribution >= 0.6 is 12.2 Å². The van der Waals surface area contributed by atoms with Crippen LogP contribution in [-0.4, -0.2) is 36.8 Å². The van der Waals surface area contributed by atoms with Gasteiger partial charge in [-0.3, -0.25) is 4.98 Å². The Hall–Kier alpha value is -1.20. The van der Waals surface area contributed by atoms with Gasteiger partial charge in [-0.15, -0.1) is 0 Å². The Balaban J connectivity index is 2.08. The summed E-state index contributed by atoms with van der Waals surface area (Å²) in [5.74, 6) is 0.612. The lowest BCUT2D eigenvalue weighted by atomic mass is 10.1. The van der Waals surface area contributed by atoms with Gasteiger partial charge in [0, 0.05) is 38.0 Å². The van der Waals surface area contributed by atoms with Crippen molar-refractivity contribution in [3.63, 3.8) is 0 Å². The van der Waals surface area contributed by atoms with E-state index in [1.165, 1.54) is 6.42 Å². The minimum absolute atomic E-state index is 0.347. The fourth-order valence-electron chi connectivity index (χ4n) is 2.19. The van der Waals surface area contributed by atoms with Gasteiger partial charge in [0.05, 0.1) is 12.3 Å². The number of anilines is 1. The average molecular weight is 251 g/mol. The second-order valence-corrected chi connectivity index (χ2v) is 4.76. The molecule has 2 rings (SSSR count). The highest BCUT2D eigenvalue weighted by atomic mass is 32.1. The molecule has 1 aliphatic rings. The van der Waals surface area contributed by atoms with E-state index in [1.807, 2.05) is 12.1 Å². The lowest BCUT2D eigenvalue weighted by Gasteiger charge is -2.19. The van der Waals surface area contributed by atoms with Gasteiger partial charge in [-0.1, -0.05) is 12.2 Å². The van der Waals surface area contributed by atoms with Gasteiger partial charge < -0.3 is 15.4 Å². The molecular formula is C12H17N3OS. The first-order chi connectivity index (χ1) is 8.20. The van der Waals surface area contributed by atoms with Gasteiger partial charge in [0.25, 0.3) is 0 Å². The van der Waals surface area contributed by atoms with Gasteiger partial charge in [-0.05, 0) is 18.6 Å². The number of aromatic nitrogens is 1. The lowest BCUT2D eigenvalue weighted by Crippen LogP contribution is -2.22. The first kappa shape index (κ1) is 12.3. The van der Waals surface area contributed by atoms with Crippen molar-refractivity contribution in [3.05, 3.63) is 24.0 Å². The molecule has 2 heterocycles. The van der Waals surface area contributed by atoms with E-state index in [9.17, 15) is 0 Å². The van der Waals surface area contributed by atoms with Crippen LogP contribution in [0.2, 0.25) is 0 Å². The summed E-state index contributed by atoms with van der Waals surface area (Å²) in [5, 5.41) is 0. The summed E-state index contributed by atoms with van der Waals surface area (Å²) >= 11 is 4.94. The number of pyridine rings is 1. The van der Waals surface area contributed by atoms with Crippen molar-refractivity contribution < 1.29 is 4.74 Å². The highest BCUT2D eigenvalue weighted by molar-refractivity contribution is 7.80. The maximum Gasteiger partial charge on any atom is 0.122 e. The summed E-state index contributed by atoms with van der Waals surface area (Å²) in [5.41, 5.74) is 7.41. The standard InChI is InChI=1S/C12H17N3OS/c1-16-8-9-3-5-15(7-9)10-2-4-14-11(6-10)12(13)17/h2,4,6,9H,3,5,7-8H2,1H3,(H2,13,17). The number of hydrogen-bond donors (Lipinski definition) is 1. The minimum atomic E-state index is 0.347. The van der Waals surface area contributed by atoms with Crippen molar-refractivity contribution in [2.75, 3.05) is 31.7 Å². The van der Waals surface area contributed by atoms with Crippen LogP contribution in [0.15, 0.2) is 18.3 Å². The SMILES string of the molecule is COCC1CCN(c2ccnc(C(N)=S)c2)C1. The molecule has 0 amide bonds. The molecule has 1 atom stereocenters. The molecule has 1 saturated heterocycles. The van der Waals surface area contributed by atoms with Crippen LogP contribution < -0.4 is 10.6 Å². The Morgan fingerprint density at radius 2 is 2.53 bits per heavy atom. The number of ether oxygens (including phenoxy) is 1. The summed E-state index contributed by atoms with van der Waals surface area (Å²) in [4.78, 5) is 6.82. The second kappa shape index (κ2) is 5.42. The van der Waals surface area contributed by atoms with E-state index < -0.39 is 0 Å². The van der Waals surface area contributed by atoms with Crippen LogP contribution in [0.3, 0.4) is 0 Å². The zero-order valence-electron chi connectivity index (χ0n) is 9.93. The molecule has 0 bridgehead atoms. The van der Waals surface area contributed by atoms with Crippen molar-refractivity contribution in [2.45, 2.75) is 6.42 Å². The number of methoxy groups -OCH3 is 1. The van der Waals surface area contributed by atoms with Gasteiger partial charge in [0.1, 0.15) is 4.99 Å². The van der Waals surface area contributed by atoms with Crippen LogP contribution in [-0.2, 0) is 4.74 Å². The predicted molar refractivity (Wildman–Crippen MR) is 72.3 cm³/mol.